The van der Waals surface area contributed by atoms with E-state index in [2.05, 4.69) is 18.8 Å². The van der Waals surface area contributed by atoms with Gasteiger partial charge in [0.25, 0.3) is 5.91 Å². The normalized spacial score (nSPS) is 16.1. The van der Waals surface area contributed by atoms with E-state index in [4.69, 9.17) is 14.9 Å². The first kappa shape index (κ1) is 23.6. The van der Waals surface area contributed by atoms with Gasteiger partial charge in [0.15, 0.2) is 5.17 Å². The number of amidine groups is 2. The van der Waals surface area contributed by atoms with Crippen LogP contribution in [0.3, 0.4) is 0 Å². The lowest BCUT2D eigenvalue weighted by molar-refractivity contribution is -0.114. The van der Waals surface area contributed by atoms with Crippen LogP contribution in [0, 0.1) is 19.3 Å². The fourth-order valence-electron chi connectivity index (χ4n) is 3.90. The summed E-state index contributed by atoms with van der Waals surface area (Å²) in [5, 5.41) is 11.2. The second kappa shape index (κ2) is 10.3. The summed E-state index contributed by atoms with van der Waals surface area (Å²) in [7, 11) is 0. The number of nitrogens with zero attached hydrogens (tertiary/aromatic N) is 2. The van der Waals surface area contributed by atoms with Gasteiger partial charge in [-0.2, -0.15) is 4.99 Å². The van der Waals surface area contributed by atoms with Crippen LogP contribution in [0.1, 0.15) is 22.3 Å². The lowest BCUT2D eigenvalue weighted by atomic mass is 10.1. The average molecular weight is 496 g/mol. The SMILES string of the molecule is Cc1ccc(OCCOc2cccc(/C=C3\C(=N)N4C(c5ccccc5)=CSC4=NC3=O)c2)cc1C. The molecule has 0 spiro atoms. The van der Waals surface area contributed by atoms with Gasteiger partial charge < -0.3 is 9.47 Å². The zero-order valence-corrected chi connectivity index (χ0v) is 20.8. The maximum absolute atomic E-state index is 12.8. The van der Waals surface area contributed by atoms with Crippen molar-refractivity contribution in [2.45, 2.75) is 13.8 Å². The number of hydrogen-bond acceptors (Lipinski definition) is 5. The number of carbonyl (C=O) groups excluding carboxylic acids is 1. The van der Waals surface area contributed by atoms with Gasteiger partial charge in [0, 0.05) is 5.41 Å². The van der Waals surface area contributed by atoms with Gasteiger partial charge in [0.2, 0.25) is 0 Å². The molecule has 0 aromatic heterocycles. The van der Waals surface area contributed by atoms with Crippen LogP contribution in [0.4, 0.5) is 0 Å². The van der Waals surface area contributed by atoms with Crippen molar-refractivity contribution in [3.8, 4) is 11.5 Å². The van der Waals surface area contributed by atoms with E-state index in [-0.39, 0.29) is 11.4 Å². The number of aliphatic imine (C=N–C) groups is 1. The van der Waals surface area contributed by atoms with Crippen LogP contribution in [0.2, 0.25) is 0 Å². The molecule has 36 heavy (non-hydrogen) atoms. The molecule has 180 valence electrons. The molecule has 7 heteroatoms. The number of fused-ring (bicyclic) bond motifs is 1. The Kier molecular flexibility index (Phi) is 6.73. The molecule has 0 aliphatic carbocycles. The van der Waals surface area contributed by atoms with Gasteiger partial charge in [-0.3, -0.25) is 15.1 Å². The Bertz CT molecular complexity index is 1430. The molecule has 0 radical (unpaired) electrons. The Labute approximate surface area is 214 Å². The number of amides is 1. The van der Waals surface area contributed by atoms with Crippen LogP contribution >= 0.6 is 11.8 Å². The summed E-state index contributed by atoms with van der Waals surface area (Å²) in [6.07, 6.45) is 1.69. The molecule has 6 nitrogen and oxygen atoms in total. The third kappa shape index (κ3) is 4.97. The number of nitrogens with one attached hydrogen (secondary N) is 1. The maximum Gasteiger partial charge on any atom is 0.283 e. The van der Waals surface area contributed by atoms with Crippen LogP contribution in [0.5, 0.6) is 11.5 Å². The Hall–Kier alpha value is -4.10. The fourth-order valence-corrected chi connectivity index (χ4v) is 4.79. The van der Waals surface area contributed by atoms with E-state index in [1.807, 2.05) is 78.2 Å². The number of hydrogen-bond donors (Lipinski definition) is 1. The molecule has 0 saturated carbocycles. The van der Waals surface area contributed by atoms with Crippen molar-refractivity contribution in [3.63, 3.8) is 0 Å². The van der Waals surface area contributed by atoms with Gasteiger partial charge >= 0.3 is 0 Å². The van der Waals surface area contributed by atoms with Crippen molar-refractivity contribution in [1.29, 1.82) is 5.41 Å². The summed E-state index contributed by atoms with van der Waals surface area (Å²) in [4.78, 5) is 18.7. The van der Waals surface area contributed by atoms with Gasteiger partial charge in [-0.15, -0.1) is 0 Å². The van der Waals surface area contributed by atoms with Gasteiger partial charge in [0.1, 0.15) is 30.5 Å². The number of ether oxygens (including phenoxy) is 2. The molecule has 2 aliphatic heterocycles. The molecular weight excluding hydrogens is 470 g/mol. The van der Waals surface area contributed by atoms with Crippen molar-refractivity contribution in [1.82, 2.24) is 4.90 Å². The molecule has 2 heterocycles. The van der Waals surface area contributed by atoms with E-state index in [0.29, 0.717) is 24.1 Å². The van der Waals surface area contributed by atoms with Gasteiger partial charge in [-0.25, -0.2) is 0 Å². The van der Waals surface area contributed by atoms with E-state index in [0.717, 1.165) is 22.6 Å². The Morgan fingerprint density at radius 3 is 2.42 bits per heavy atom. The van der Waals surface area contributed by atoms with Crippen molar-refractivity contribution in [2.24, 2.45) is 4.99 Å². The lowest BCUT2D eigenvalue weighted by Crippen LogP contribution is -2.38. The Balaban J connectivity index is 1.27. The second-order valence-electron chi connectivity index (χ2n) is 8.44. The highest BCUT2D eigenvalue weighted by Crippen LogP contribution is 2.37. The van der Waals surface area contributed by atoms with Gasteiger partial charge in [-0.1, -0.05) is 60.3 Å². The van der Waals surface area contributed by atoms with Crippen LogP contribution in [-0.2, 0) is 4.79 Å². The third-order valence-corrected chi connectivity index (χ3v) is 6.78. The van der Waals surface area contributed by atoms with Gasteiger partial charge in [0.05, 0.1) is 11.3 Å². The molecule has 3 aromatic rings. The van der Waals surface area contributed by atoms with Crippen molar-refractivity contribution in [2.75, 3.05) is 13.2 Å². The molecule has 2 aliphatic rings. The molecule has 0 atom stereocenters. The summed E-state index contributed by atoms with van der Waals surface area (Å²) in [6, 6.07) is 23.2. The average Bonchev–Trinajstić information content (AvgIpc) is 3.31. The Morgan fingerprint density at radius 1 is 0.917 bits per heavy atom. The first-order chi connectivity index (χ1) is 17.5. The number of benzene rings is 3. The third-order valence-electron chi connectivity index (χ3n) is 5.95. The number of rotatable bonds is 7. The largest absolute Gasteiger partial charge is 0.490 e. The minimum Gasteiger partial charge on any atom is -0.490 e. The molecule has 1 N–H and O–H groups in total. The maximum atomic E-state index is 12.8. The predicted octanol–water partition coefficient (Wildman–Crippen LogP) is 6.07. The zero-order valence-electron chi connectivity index (χ0n) is 20.0. The topological polar surface area (TPSA) is 75.0 Å². The molecule has 3 aromatic carbocycles. The molecule has 0 bridgehead atoms. The lowest BCUT2D eigenvalue weighted by Gasteiger charge is -2.26. The van der Waals surface area contributed by atoms with Crippen LogP contribution in [0.25, 0.3) is 11.8 Å². The smallest absolute Gasteiger partial charge is 0.283 e. The molecule has 0 saturated heterocycles. The fraction of sp³-hybridized carbons (Fsp3) is 0.138. The quantitative estimate of drug-likeness (QED) is 0.318. The van der Waals surface area contributed by atoms with Gasteiger partial charge in [-0.05, 0) is 66.4 Å². The number of carbonyl (C=O) groups is 1. The van der Waals surface area contributed by atoms with E-state index in [1.54, 1.807) is 11.0 Å². The standard InChI is InChI=1S/C29H25N3O3S/c1-19-11-12-24(15-20(19)2)35-14-13-34-23-10-6-7-21(16-23)17-25-27(30)32-26(22-8-4-3-5-9-22)18-36-29(32)31-28(25)33/h3-12,15-18,30H,13-14H2,1-2H3/b25-17+,30-27?. The molecule has 1 amide bonds. The molecular formula is C29H25N3O3S. The van der Waals surface area contributed by atoms with Crippen LogP contribution in [-0.4, -0.2) is 35.0 Å². The second-order valence-corrected chi connectivity index (χ2v) is 9.28. The first-order valence-electron chi connectivity index (χ1n) is 11.6. The summed E-state index contributed by atoms with van der Waals surface area (Å²) in [5.74, 6) is 1.17. The minimum absolute atomic E-state index is 0.109. The van der Waals surface area contributed by atoms with E-state index < -0.39 is 5.91 Å². The molecule has 0 unspecified atom stereocenters. The van der Waals surface area contributed by atoms with Crippen molar-refractivity contribution in [3.05, 3.63) is 106 Å². The Morgan fingerprint density at radius 2 is 1.67 bits per heavy atom. The summed E-state index contributed by atoms with van der Waals surface area (Å²) in [6.45, 7) is 4.92. The monoisotopic (exact) mass is 495 g/mol. The molecule has 0 fully saturated rings. The highest BCUT2D eigenvalue weighted by molar-refractivity contribution is 8.17. The minimum atomic E-state index is -0.422. The number of aryl methyl sites for hydroxylation is 2. The summed E-state index contributed by atoms with van der Waals surface area (Å²) < 4.78 is 11.7. The molecule has 5 rings (SSSR count). The number of thioether (sulfide) groups is 1. The predicted molar refractivity (Wildman–Crippen MR) is 145 cm³/mol. The van der Waals surface area contributed by atoms with E-state index in [9.17, 15) is 4.79 Å². The van der Waals surface area contributed by atoms with E-state index >= 15 is 0 Å². The first-order valence-corrected chi connectivity index (χ1v) is 12.5. The van der Waals surface area contributed by atoms with Crippen LogP contribution in [0.15, 0.2) is 88.8 Å². The van der Waals surface area contributed by atoms with Crippen molar-refractivity contribution >= 4 is 40.4 Å². The summed E-state index contributed by atoms with van der Waals surface area (Å²) >= 11 is 1.35. The highest BCUT2D eigenvalue weighted by atomic mass is 32.2. The van der Waals surface area contributed by atoms with Crippen LogP contribution < -0.4 is 9.47 Å². The van der Waals surface area contributed by atoms with E-state index in [1.165, 1.54) is 22.9 Å². The zero-order chi connectivity index (χ0) is 25.1. The van der Waals surface area contributed by atoms with Crippen molar-refractivity contribution < 1.29 is 14.3 Å². The summed E-state index contributed by atoms with van der Waals surface area (Å²) in [5.41, 5.74) is 5.21. The highest BCUT2D eigenvalue weighted by Gasteiger charge is 2.36.